The molecule has 2 N–H and O–H groups in total. The molecule has 0 aliphatic heterocycles. The fraction of sp³-hybridized carbons (Fsp3) is 0.259. The normalized spacial score (nSPS) is 12.1. The number of nitrogens with one attached hydrogen (secondary N) is 2. The van der Waals surface area contributed by atoms with Crippen molar-refractivity contribution in [1.29, 1.82) is 0 Å². The molecule has 0 saturated heterocycles. The van der Waals surface area contributed by atoms with Crippen molar-refractivity contribution in [2.24, 2.45) is 0 Å². The van der Waals surface area contributed by atoms with Crippen molar-refractivity contribution < 1.29 is 9.18 Å². The zero-order valence-corrected chi connectivity index (χ0v) is 18.5. The van der Waals surface area contributed by atoms with Gasteiger partial charge in [0.2, 0.25) is 5.91 Å². The van der Waals surface area contributed by atoms with Crippen LogP contribution in [0.2, 0.25) is 0 Å². The smallest absolute Gasteiger partial charge is 0.220 e. The van der Waals surface area contributed by atoms with Crippen LogP contribution in [0.3, 0.4) is 0 Å². The molecule has 4 rings (SSSR count). The van der Waals surface area contributed by atoms with E-state index >= 15 is 0 Å². The summed E-state index contributed by atoms with van der Waals surface area (Å²) in [6, 6.07) is 17.0. The summed E-state index contributed by atoms with van der Waals surface area (Å²) in [6.07, 6.45) is 5.40. The Labute approximate surface area is 187 Å². The summed E-state index contributed by atoms with van der Waals surface area (Å²) in [6.45, 7) is 4.55. The minimum Gasteiger partial charge on any atom is -0.361 e. The molecule has 5 heteroatoms. The van der Waals surface area contributed by atoms with Crippen molar-refractivity contribution in [3.05, 3.63) is 101 Å². The number of para-hydroxylation sites is 1. The Balaban J connectivity index is 1.62. The minimum absolute atomic E-state index is 0.104. The molecule has 4 nitrogen and oxygen atoms in total. The summed E-state index contributed by atoms with van der Waals surface area (Å²) in [5, 5.41) is 4.02. The minimum atomic E-state index is -0.384. The van der Waals surface area contributed by atoms with Gasteiger partial charge in [-0.25, -0.2) is 4.39 Å². The highest BCUT2D eigenvalue weighted by Gasteiger charge is 2.24. The van der Waals surface area contributed by atoms with Gasteiger partial charge in [0.25, 0.3) is 0 Å². The van der Waals surface area contributed by atoms with Crippen LogP contribution >= 0.6 is 0 Å². The van der Waals surface area contributed by atoms with Gasteiger partial charge in [-0.3, -0.25) is 9.78 Å². The van der Waals surface area contributed by atoms with E-state index in [2.05, 4.69) is 28.3 Å². The van der Waals surface area contributed by atoms with Crippen LogP contribution in [-0.4, -0.2) is 22.4 Å². The highest BCUT2D eigenvalue weighted by molar-refractivity contribution is 5.88. The lowest BCUT2D eigenvalue weighted by Crippen LogP contribution is -2.27. The number of benzene rings is 2. The maximum absolute atomic E-state index is 14.9. The van der Waals surface area contributed by atoms with Gasteiger partial charge < -0.3 is 10.3 Å². The molecule has 1 amide bonds. The fourth-order valence-corrected chi connectivity index (χ4v) is 4.27. The van der Waals surface area contributed by atoms with E-state index in [9.17, 15) is 9.18 Å². The third-order valence-corrected chi connectivity index (χ3v) is 5.94. The predicted molar refractivity (Wildman–Crippen MR) is 126 cm³/mol. The van der Waals surface area contributed by atoms with Crippen molar-refractivity contribution in [3.63, 3.8) is 0 Å². The fourth-order valence-electron chi connectivity index (χ4n) is 4.27. The van der Waals surface area contributed by atoms with Gasteiger partial charge in [-0.05, 0) is 48.2 Å². The van der Waals surface area contributed by atoms with Crippen LogP contribution in [0, 0.1) is 12.7 Å². The number of aromatic amines is 1. The summed E-state index contributed by atoms with van der Waals surface area (Å²) in [5.41, 5.74) is 5.65. The van der Waals surface area contributed by atoms with E-state index in [-0.39, 0.29) is 24.1 Å². The van der Waals surface area contributed by atoms with E-state index in [0.29, 0.717) is 18.5 Å². The molecule has 1 atom stereocenters. The van der Waals surface area contributed by atoms with Gasteiger partial charge in [-0.2, -0.15) is 0 Å². The molecule has 0 fully saturated rings. The molecule has 0 aliphatic carbocycles. The summed E-state index contributed by atoms with van der Waals surface area (Å²) >= 11 is 0. The summed E-state index contributed by atoms with van der Waals surface area (Å²) < 4.78 is 14.9. The number of aryl methyl sites for hydroxylation is 2. The topological polar surface area (TPSA) is 57.8 Å². The quantitative estimate of drug-likeness (QED) is 0.391. The lowest BCUT2D eigenvalue weighted by Gasteiger charge is -2.19. The SMILES string of the molecule is CCc1cccc2c([C@H](CC(=O)NCCc3ccccn3)c3cc(C)ccc3F)c[nH]c12. The molecule has 2 heterocycles. The molecule has 0 spiro atoms. The largest absolute Gasteiger partial charge is 0.361 e. The van der Waals surface area contributed by atoms with E-state index < -0.39 is 0 Å². The zero-order valence-electron chi connectivity index (χ0n) is 18.5. The molecular formula is C27H28FN3O. The van der Waals surface area contributed by atoms with Crippen LogP contribution in [0.1, 0.15) is 47.2 Å². The average molecular weight is 430 g/mol. The van der Waals surface area contributed by atoms with Crippen molar-refractivity contribution >= 4 is 16.8 Å². The monoisotopic (exact) mass is 429 g/mol. The van der Waals surface area contributed by atoms with Crippen LogP contribution in [0.5, 0.6) is 0 Å². The first kappa shape index (κ1) is 21.8. The Hall–Kier alpha value is -3.47. The molecule has 32 heavy (non-hydrogen) atoms. The first-order valence-corrected chi connectivity index (χ1v) is 11.1. The van der Waals surface area contributed by atoms with E-state index in [1.165, 1.54) is 11.6 Å². The number of halogens is 1. The van der Waals surface area contributed by atoms with Gasteiger partial charge in [0, 0.05) is 54.3 Å². The van der Waals surface area contributed by atoms with Gasteiger partial charge in [0.05, 0.1) is 0 Å². The Bertz CT molecular complexity index is 1220. The highest BCUT2D eigenvalue weighted by atomic mass is 19.1. The van der Waals surface area contributed by atoms with Crippen molar-refractivity contribution in [1.82, 2.24) is 15.3 Å². The van der Waals surface area contributed by atoms with Crippen molar-refractivity contribution in [2.45, 2.75) is 39.0 Å². The van der Waals surface area contributed by atoms with Gasteiger partial charge in [0.15, 0.2) is 0 Å². The molecule has 0 bridgehead atoms. The maximum atomic E-state index is 14.9. The second kappa shape index (κ2) is 9.77. The molecule has 0 unspecified atom stereocenters. The van der Waals surface area contributed by atoms with Gasteiger partial charge in [-0.15, -0.1) is 0 Å². The number of fused-ring (bicyclic) bond motifs is 1. The molecule has 0 aliphatic rings. The van der Waals surface area contributed by atoms with Crippen LogP contribution in [0.25, 0.3) is 10.9 Å². The second-order valence-electron chi connectivity index (χ2n) is 8.14. The summed E-state index contributed by atoms with van der Waals surface area (Å²) in [5.74, 6) is -0.777. The number of H-pyrrole nitrogens is 1. The van der Waals surface area contributed by atoms with Crippen molar-refractivity contribution in [3.8, 4) is 0 Å². The zero-order chi connectivity index (χ0) is 22.5. The highest BCUT2D eigenvalue weighted by Crippen LogP contribution is 2.36. The van der Waals surface area contributed by atoms with Gasteiger partial charge in [0.1, 0.15) is 5.82 Å². The first-order chi connectivity index (χ1) is 15.6. The molecule has 2 aromatic heterocycles. The van der Waals surface area contributed by atoms with Gasteiger partial charge >= 0.3 is 0 Å². The third-order valence-electron chi connectivity index (χ3n) is 5.94. The average Bonchev–Trinajstić information content (AvgIpc) is 3.24. The lowest BCUT2D eigenvalue weighted by atomic mass is 9.86. The second-order valence-corrected chi connectivity index (χ2v) is 8.14. The molecule has 2 aromatic carbocycles. The van der Waals surface area contributed by atoms with E-state index in [1.54, 1.807) is 12.3 Å². The standard InChI is InChI=1S/C27H28FN3O/c1-3-19-7-6-9-21-24(17-31-27(19)21)22(23-15-18(2)10-11-25(23)28)16-26(32)30-14-12-20-8-4-5-13-29-20/h4-11,13,15,17,22,31H,3,12,14,16H2,1-2H3,(H,30,32)/t22-/m1/s1. The van der Waals surface area contributed by atoms with E-state index in [4.69, 9.17) is 0 Å². The molecule has 164 valence electrons. The number of nitrogens with zero attached hydrogens (tertiary/aromatic N) is 1. The summed E-state index contributed by atoms with van der Waals surface area (Å²) in [4.78, 5) is 20.6. The number of hydrogen-bond donors (Lipinski definition) is 2. The number of amides is 1. The van der Waals surface area contributed by atoms with E-state index in [0.717, 1.165) is 34.1 Å². The maximum Gasteiger partial charge on any atom is 0.220 e. The third kappa shape index (κ3) is 4.72. The van der Waals surface area contributed by atoms with Crippen molar-refractivity contribution in [2.75, 3.05) is 6.54 Å². The number of aromatic nitrogens is 2. The Morgan fingerprint density at radius 2 is 2.00 bits per heavy atom. The molecule has 0 saturated carbocycles. The number of hydrogen-bond acceptors (Lipinski definition) is 2. The number of carbonyl (C=O) groups is 1. The summed E-state index contributed by atoms with van der Waals surface area (Å²) in [7, 11) is 0. The predicted octanol–water partition coefficient (Wildman–Crippen LogP) is 5.45. The first-order valence-electron chi connectivity index (χ1n) is 11.1. The molecular weight excluding hydrogens is 401 g/mol. The molecule has 0 radical (unpaired) electrons. The van der Waals surface area contributed by atoms with Crippen LogP contribution < -0.4 is 5.32 Å². The van der Waals surface area contributed by atoms with E-state index in [1.807, 2.05) is 49.5 Å². The van der Waals surface area contributed by atoms with Gasteiger partial charge in [-0.1, -0.05) is 48.9 Å². The number of rotatable bonds is 8. The van der Waals surface area contributed by atoms with Crippen LogP contribution in [0.4, 0.5) is 4.39 Å². The Morgan fingerprint density at radius 3 is 2.78 bits per heavy atom. The molecule has 4 aromatic rings. The number of carbonyl (C=O) groups excluding carboxylic acids is 1. The Kier molecular flexibility index (Phi) is 6.64. The number of pyridine rings is 1. The lowest BCUT2D eigenvalue weighted by molar-refractivity contribution is -0.121. The van der Waals surface area contributed by atoms with Crippen LogP contribution in [0.15, 0.2) is 67.0 Å². The van der Waals surface area contributed by atoms with Crippen LogP contribution in [-0.2, 0) is 17.6 Å². The Morgan fingerprint density at radius 1 is 1.12 bits per heavy atom.